The Kier molecular flexibility index (Phi) is 54.4. The zero-order valence-corrected chi connectivity index (χ0v) is 47.5. The summed E-state index contributed by atoms with van der Waals surface area (Å²) in [6.07, 6.45) is 61.1. The summed E-state index contributed by atoms with van der Waals surface area (Å²) in [5.41, 5.74) is 0. The number of unbranched alkanes of at least 4 members (excludes halogenated alkanes) is 40. The minimum atomic E-state index is -0.764. The first-order chi connectivity index (χ1) is 33.8. The lowest BCUT2D eigenvalue weighted by molar-refractivity contribution is -0.167. The Bertz CT molecular complexity index is 1060. The second-order valence-corrected chi connectivity index (χ2v) is 22.2. The van der Waals surface area contributed by atoms with Crippen molar-refractivity contribution in [3.05, 3.63) is 0 Å². The Morgan fingerprint density at radius 1 is 0.290 bits per heavy atom. The van der Waals surface area contributed by atoms with Gasteiger partial charge in [0, 0.05) is 19.3 Å². The van der Waals surface area contributed by atoms with E-state index in [4.69, 9.17) is 14.2 Å². The number of carbonyl (C=O) groups excluding carboxylic acids is 3. The first kappa shape index (κ1) is 67.4. The first-order valence-corrected chi connectivity index (χ1v) is 31.3. The van der Waals surface area contributed by atoms with Crippen LogP contribution in [-0.2, 0) is 28.6 Å². The van der Waals surface area contributed by atoms with E-state index in [9.17, 15) is 14.4 Å². The fourth-order valence-corrected chi connectivity index (χ4v) is 9.69. The summed E-state index contributed by atoms with van der Waals surface area (Å²) in [6.45, 7) is 11.4. The maximum Gasteiger partial charge on any atom is 0.306 e. The highest BCUT2D eigenvalue weighted by molar-refractivity contribution is 5.71. The molecule has 0 bridgehead atoms. The summed E-state index contributed by atoms with van der Waals surface area (Å²) in [5.74, 6) is 0.880. The van der Waals surface area contributed by atoms with Crippen molar-refractivity contribution in [2.45, 2.75) is 362 Å². The molecule has 0 aromatic carbocycles. The average Bonchev–Trinajstić information content (AvgIpc) is 3.35. The van der Waals surface area contributed by atoms with Crippen molar-refractivity contribution in [1.29, 1.82) is 0 Å². The fourth-order valence-electron chi connectivity index (χ4n) is 9.69. The highest BCUT2D eigenvalue weighted by Gasteiger charge is 2.19. The molecular formula is C63H122O6. The van der Waals surface area contributed by atoms with Crippen molar-refractivity contribution in [2.24, 2.45) is 11.8 Å². The van der Waals surface area contributed by atoms with Crippen LogP contribution in [0, 0.1) is 11.8 Å². The van der Waals surface area contributed by atoms with Gasteiger partial charge >= 0.3 is 17.9 Å². The number of carbonyl (C=O) groups is 3. The largest absolute Gasteiger partial charge is 0.462 e. The Hall–Kier alpha value is -1.59. The number of hydrogen-bond donors (Lipinski definition) is 0. The highest BCUT2D eigenvalue weighted by Crippen LogP contribution is 2.19. The molecule has 0 radical (unpaired) electrons. The minimum Gasteiger partial charge on any atom is -0.462 e. The molecule has 0 aliphatic carbocycles. The summed E-state index contributed by atoms with van der Waals surface area (Å²) in [7, 11) is 0. The van der Waals surface area contributed by atoms with Gasteiger partial charge in [-0.1, -0.05) is 317 Å². The predicted molar refractivity (Wildman–Crippen MR) is 298 cm³/mol. The molecule has 3 atom stereocenters. The molecular weight excluding hydrogens is 853 g/mol. The van der Waals surface area contributed by atoms with Gasteiger partial charge in [-0.15, -0.1) is 0 Å². The van der Waals surface area contributed by atoms with Crippen molar-refractivity contribution in [2.75, 3.05) is 13.2 Å². The third-order valence-corrected chi connectivity index (χ3v) is 15.2. The number of esters is 3. The molecule has 0 aromatic heterocycles. The third kappa shape index (κ3) is 54.0. The van der Waals surface area contributed by atoms with Crippen LogP contribution in [0.5, 0.6) is 0 Å². The summed E-state index contributed by atoms with van der Waals surface area (Å²) in [6, 6.07) is 0. The molecule has 6 nitrogen and oxygen atoms in total. The molecule has 0 fully saturated rings. The Morgan fingerprint density at radius 2 is 0.507 bits per heavy atom. The third-order valence-electron chi connectivity index (χ3n) is 15.2. The number of ether oxygens (including phenoxy) is 3. The molecule has 69 heavy (non-hydrogen) atoms. The molecule has 0 spiro atoms. The molecule has 0 aliphatic rings. The van der Waals surface area contributed by atoms with E-state index >= 15 is 0 Å². The maximum absolute atomic E-state index is 12.8. The average molecular weight is 976 g/mol. The van der Waals surface area contributed by atoms with Crippen LogP contribution in [-0.4, -0.2) is 37.2 Å². The molecule has 0 aliphatic heterocycles. The van der Waals surface area contributed by atoms with Crippen LogP contribution in [0.25, 0.3) is 0 Å². The Labute approximate surface area is 431 Å². The smallest absolute Gasteiger partial charge is 0.306 e. The molecule has 0 N–H and O–H groups in total. The molecule has 0 amide bonds. The number of rotatable bonds is 57. The van der Waals surface area contributed by atoms with Gasteiger partial charge in [-0.3, -0.25) is 14.4 Å². The summed E-state index contributed by atoms with van der Waals surface area (Å²) < 4.78 is 16.9. The van der Waals surface area contributed by atoms with Crippen LogP contribution >= 0.6 is 0 Å². The number of hydrogen-bond acceptors (Lipinski definition) is 6. The van der Waals surface area contributed by atoms with Crippen LogP contribution < -0.4 is 0 Å². The topological polar surface area (TPSA) is 78.9 Å². The van der Waals surface area contributed by atoms with Crippen molar-refractivity contribution in [1.82, 2.24) is 0 Å². The normalized spacial score (nSPS) is 12.8. The van der Waals surface area contributed by atoms with E-state index < -0.39 is 6.10 Å². The molecule has 0 rings (SSSR count). The van der Waals surface area contributed by atoms with Crippen LogP contribution in [0.1, 0.15) is 356 Å². The van der Waals surface area contributed by atoms with E-state index in [1.54, 1.807) is 0 Å². The minimum absolute atomic E-state index is 0.0634. The lowest BCUT2D eigenvalue weighted by Gasteiger charge is -2.18. The summed E-state index contributed by atoms with van der Waals surface area (Å²) in [5, 5.41) is 0. The monoisotopic (exact) mass is 975 g/mol. The van der Waals surface area contributed by atoms with Crippen LogP contribution in [0.15, 0.2) is 0 Å². The van der Waals surface area contributed by atoms with E-state index in [0.29, 0.717) is 19.3 Å². The van der Waals surface area contributed by atoms with E-state index in [1.807, 2.05) is 0 Å². The van der Waals surface area contributed by atoms with Gasteiger partial charge in [-0.2, -0.15) is 0 Å². The van der Waals surface area contributed by atoms with Gasteiger partial charge in [0.25, 0.3) is 0 Å². The Morgan fingerprint density at radius 3 is 0.754 bits per heavy atom. The van der Waals surface area contributed by atoms with Gasteiger partial charge in [0.05, 0.1) is 0 Å². The van der Waals surface area contributed by atoms with Gasteiger partial charge in [0.15, 0.2) is 6.10 Å². The van der Waals surface area contributed by atoms with E-state index in [2.05, 4.69) is 34.6 Å². The van der Waals surface area contributed by atoms with Gasteiger partial charge in [0.1, 0.15) is 13.2 Å². The maximum atomic E-state index is 12.8. The van der Waals surface area contributed by atoms with Gasteiger partial charge in [-0.05, 0) is 31.1 Å². The molecule has 0 aromatic rings. The van der Waals surface area contributed by atoms with Gasteiger partial charge in [-0.25, -0.2) is 0 Å². The van der Waals surface area contributed by atoms with Crippen molar-refractivity contribution >= 4 is 17.9 Å². The summed E-state index contributed by atoms with van der Waals surface area (Å²) >= 11 is 0. The molecule has 6 heteroatoms. The fraction of sp³-hybridized carbons (Fsp3) is 0.952. The van der Waals surface area contributed by atoms with E-state index in [0.717, 1.165) is 69.6 Å². The zero-order chi connectivity index (χ0) is 50.4. The highest BCUT2D eigenvalue weighted by atomic mass is 16.6. The zero-order valence-electron chi connectivity index (χ0n) is 47.5. The van der Waals surface area contributed by atoms with Crippen LogP contribution in [0.2, 0.25) is 0 Å². The summed E-state index contributed by atoms with van der Waals surface area (Å²) in [4.78, 5) is 38.2. The Balaban J connectivity index is 4.17. The molecule has 2 unspecified atom stereocenters. The van der Waals surface area contributed by atoms with Crippen LogP contribution in [0.4, 0.5) is 0 Å². The van der Waals surface area contributed by atoms with Gasteiger partial charge < -0.3 is 14.2 Å². The molecule has 0 heterocycles. The first-order valence-electron chi connectivity index (χ1n) is 31.3. The molecule has 410 valence electrons. The van der Waals surface area contributed by atoms with Crippen molar-refractivity contribution < 1.29 is 28.6 Å². The standard InChI is InChI=1S/C63H122O6/c1-6-9-10-11-12-13-14-15-16-17-18-22-25-28-31-34-37-43-48-53-61(64)67-56-60(69-63(66)55-50-45-40-39-42-47-52-59(5)8-3)57-68-62(65)54-49-44-38-35-32-29-26-23-20-19-21-24-27-30-33-36-41-46-51-58(4)7-2/h58-60H,6-57H2,1-5H3/t58?,59?,60-/m1/s1. The van der Waals surface area contributed by atoms with Gasteiger partial charge in [0.2, 0.25) is 0 Å². The quantitative estimate of drug-likeness (QED) is 0.0343. The lowest BCUT2D eigenvalue weighted by Crippen LogP contribution is -2.30. The molecule has 0 saturated heterocycles. The molecule has 0 saturated carbocycles. The van der Waals surface area contributed by atoms with Crippen molar-refractivity contribution in [3.63, 3.8) is 0 Å². The predicted octanol–water partition coefficient (Wildman–Crippen LogP) is 20.8. The van der Waals surface area contributed by atoms with Crippen molar-refractivity contribution in [3.8, 4) is 0 Å². The second kappa shape index (κ2) is 55.7. The SMILES string of the molecule is CCCCCCCCCCCCCCCCCCCCCC(=O)OC[C@H](COC(=O)CCCCCCCCCCCCCCCCCCCCC(C)CC)OC(=O)CCCCCCCCC(C)CC. The lowest BCUT2D eigenvalue weighted by atomic mass is 9.99. The van der Waals surface area contributed by atoms with Crippen LogP contribution in [0.3, 0.4) is 0 Å². The second-order valence-electron chi connectivity index (χ2n) is 22.2. The van der Waals surface area contributed by atoms with E-state index in [-0.39, 0.29) is 31.1 Å². The van der Waals surface area contributed by atoms with E-state index in [1.165, 1.54) is 244 Å².